The van der Waals surface area contributed by atoms with Crippen LogP contribution in [0, 0.1) is 25.2 Å². The molecule has 1 rings (SSSR count). The summed E-state index contributed by atoms with van der Waals surface area (Å²) in [6.45, 7) is 17.4. The van der Waals surface area contributed by atoms with Crippen molar-refractivity contribution in [3.05, 3.63) is 22.8 Å². The third-order valence-corrected chi connectivity index (χ3v) is 3.26. The lowest BCUT2D eigenvalue weighted by Crippen LogP contribution is -2.23. The topological polar surface area (TPSA) is 37.8 Å². The summed E-state index contributed by atoms with van der Waals surface area (Å²) in [7, 11) is 0. The Hall–Kier alpha value is -0.960. The Morgan fingerprint density at radius 2 is 1.60 bits per heavy atom. The zero-order valence-corrected chi connectivity index (χ0v) is 14.3. The van der Waals surface area contributed by atoms with E-state index in [4.69, 9.17) is 9.97 Å². The van der Waals surface area contributed by atoms with Crippen molar-refractivity contribution in [1.82, 2.24) is 15.3 Å². The molecule has 0 spiro atoms. The Kier molecular flexibility index (Phi) is 6.12. The van der Waals surface area contributed by atoms with Crippen LogP contribution in [0.1, 0.15) is 57.4 Å². The SMILES string of the molecule is Cc1nc(CC(C)(C)C)nc(C)c1CCNCC(C)C. The van der Waals surface area contributed by atoms with Crippen LogP contribution in [-0.4, -0.2) is 23.1 Å². The number of aryl methyl sites for hydroxylation is 2. The minimum Gasteiger partial charge on any atom is -0.316 e. The first-order chi connectivity index (χ1) is 9.19. The van der Waals surface area contributed by atoms with Crippen molar-refractivity contribution in [3.63, 3.8) is 0 Å². The second-order valence-corrected chi connectivity index (χ2v) is 7.37. The van der Waals surface area contributed by atoms with Gasteiger partial charge < -0.3 is 5.32 Å². The van der Waals surface area contributed by atoms with E-state index in [9.17, 15) is 0 Å². The van der Waals surface area contributed by atoms with Crippen molar-refractivity contribution in [2.75, 3.05) is 13.1 Å². The predicted molar refractivity (Wildman–Crippen MR) is 86.1 cm³/mol. The van der Waals surface area contributed by atoms with Crippen molar-refractivity contribution >= 4 is 0 Å². The molecule has 0 amide bonds. The number of hydrogen-bond acceptors (Lipinski definition) is 3. The highest BCUT2D eigenvalue weighted by molar-refractivity contribution is 5.25. The van der Waals surface area contributed by atoms with E-state index in [1.54, 1.807) is 0 Å². The van der Waals surface area contributed by atoms with Gasteiger partial charge in [0.15, 0.2) is 0 Å². The van der Waals surface area contributed by atoms with Crippen molar-refractivity contribution in [3.8, 4) is 0 Å². The van der Waals surface area contributed by atoms with Crippen LogP contribution in [0.4, 0.5) is 0 Å². The summed E-state index contributed by atoms with van der Waals surface area (Å²) in [4.78, 5) is 9.39. The zero-order valence-electron chi connectivity index (χ0n) is 14.3. The van der Waals surface area contributed by atoms with Crippen LogP contribution in [0.3, 0.4) is 0 Å². The lowest BCUT2D eigenvalue weighted by molar-refractivity contribution is 0.399. The van der Waals surface area contributed by atoms with Crippen LogP contribution >= 0.6 is 0 Å². The van der Waals surface area contributed by atoms with E-state index in [-0.39, 0.29) is 5.41 Å². The van der Waals surface area contributed by atoms with Crippen LogP contribution in [0.2, 0.25) is 0 Å². The average Bonchev–Trinajstić information content (AvgIpc) is 2.24. The van der Waals surface area contributed by atoms with Crippen molar-refractivity contribution in [1.29, 1.82) is 0 Å². The Labute approximate surface area is 124 Å². The molecule has 0 aliphatic rings. The standard InChI is InChI=1S/C17H31N3/c1-12(2)11-18-9-8-15-13(3)19-16(20-14(15)4)10-17(5,6)7/h12,18H,8-11H2,1-7H3. The van der Waals surface area contributed by atoms with Crippen LogP contribution < -0.4 is 5.32 Å². The van der Waals surface area contributed by atoms with Gasteiger partial charge in [0.05, 0.1) is 0 Å². The number of hydrogen-bond donors (Lipinski definition) is 1. The second-order valence-electron chi connectivity index (χ2n) is 7.37. The third kappa shape index (κ3) is 6.00. The molecule has 0 aromatic carbocycles. The Morgan fingerprint density at radius 1 is 1.05 bits per heavy atom. The summed E-state index contributed by atoms with van der Waals surface area (Å²) in [5.74, 6) is 1.67. The van der Waals surface area contributed by atoms with Gasteiger partial charge in [0.1, 0.15) is 5.82 Å². The molecule has 1 heterocycles. The van der Waals surface area contributed by atoms with Gasteiger partial charge in [-0.05, 0) is 50.3 Å². The molecule has 0 atom stereocenters. The smallest absolute Gasteiger partial charge is 0.129 e. The van der Waals surface area contributed by atoms with Crippen molar-refractivity contribution < 1.29 is 0 Å². The van der Waals surface area contributed by atoms with E-state index in [1.807, 2.05) is 0 Å². The van der Waals surface area contributed by atoms with Gasteiger partial charge in [0, 0.05) is 17.8 Å². The average molecular weight is 277 g/mol. The normalized spacial score (nSPS) is 12.2. The van der Waals surface area contributed by atoms with E-state index in [0.29, 0.717) is 5.92 Å². The molecule has 0 saturated carbocycles. The molecule has 20 heavy (non-hydrogen) atoms. The van der Waals surface area contributed by atoms with Crippen molar-refractivity contribution in [2.24, 2.45) is 11.3 Å². The third-order valence-electron chi connectivity index (χ3n) is 3.26. The summed E-state index contributed by atoms with van der Waals surface area (Å²) in [5.41, 5.74) is 3.82. The molecule has 3 nitrogen and oxygen atoms in total. The molecule has 3 heteroatoms. The van der Waals surface area contributed by atoms with Gasteiger partial charge >= 0.3 is 0 Å². The second kappa shape index (κ2) is 7.16. The fourth-order valence-corrected chi connectivity index (χ4v) is 2.33. The number of nitrogens with one attached hydrogen (secondary N) is 1. The summed E-state index contributed by atoms with van der Waals surface area (Å²) in [5, 5.41) is 3.49. The Balaban J connectivity index is 2.69. The fourth-order valence-electron chi connectivity index (χ4n) is 2.33. The minimum atomic E-state index is 0.235. The molecule has 1 aromatic heterocycles. The maximum atomic E-state index is 4.69. The highest BCUT2D eigenvalue weighted by Crippen LogP contribution is 2.20. The maximum absolute atomic E-state index is 4.69. The van der Waals surface area contributed by atoms with Crippen molar-refractivity contribution in [2.45, 2.75) is 61.3 Å². The molecule has 0 unspecified atom stereocenters. The van der Waals surface area contributed by atoms with E-state index >= 15 is 0 Å². The quantitative estimate of drug-likeness (QED) is 0.809. The molecule has 114 valence electrons. The molecule has 0 saturated heterocycles. The molecule has 0 fully saturated rings. The van der Waals surface area contributed by atoms with E-state index in [2.05, 4.69) is 53.8 Å². The lowest BCUT2D eigenvalue weighted by Gasteiger charge is -2.18. The molecular weight excluding hydrogens is 246 g/mol. The minimum absolute atomic E-state index is 0.235. The highest BCUT2D eigenvalue weighted by Gasteiger charge is 2.15. The van der Waals surface area contributed by atoms with Gasteiger partial charge in [-0.15, -0.1) is 0 Å². The number of rotatable bonds is 6. The zero-order chi connectivity index (χ0) is 15.3. The van der Waals surface area contributed by atoms with Gasteiger partial charge in [-0.25, -0.2) is 9.97 Å². The van der Waals surface area contributed by atoms with Gasteiger partial charge in [0.2, 0.25) is 0 Å². The molecule has 0 radical (unpaired) electrons. The summed E-state index contributed by atoms with van der Waals surface area (Å²) >= 11 is 0. The molecule has 0 bridgehead atoms. The van der Waals surface area contributed by atoms with Gasteiger partial charge in [-0.3, -0.25) is 0 Å². The highest BCUT2D eigenvalue weighted by atomic mass is 14.9. The van der Waals surface area contributed by atoms with Crippen LogP contribution in [0.15, 0.2) is 0 Å². The molecule has 0 aliphatic carbocycles. The summed E-state index contributed by atoms with van der Waals surface area (Å²) in [6.07, 6.45) is 1.95. The Bertz CT molecular complexity index is 407. The van der Waals surface area contributed by atoms with E-state index in [0.717, 1.165) is 43.1 Å². The summed E-state index contributed by atoms with van der Waals surface area (Å²) in [6, 6.07) is 0. The lowest BCUT2D eigenvalue weighted by atomic mass is 9.92. The van der Waals surface area contributed by atoms with E-state index in [1.165, 1.54) is 5.56 Å². The van der Waals surface area contributed by atoms with Crippen LogP contribution in [0.25, 0.3) is 0 Å². The van der Waals surface area contributed by atoms with Gasteiger partial charge in [0.25, 0.3) is 0 Å². The van der Waals surface area contributed by atoms with Gasteiger partial charge in [-0.2, -0.15) is 0 Å². The predicted octanol–water partition coefficient (Wildman–Crippen LogP) is 3.47. The molecule has 1 N–H and O–H groups in total. The number of nitrogens with zero attached hydrogens (tertiary/aromatic N) is 2. The first-order valence-electron chi connectivity index (χ1n) is 7.73. The molecule has 1 aromatic rings. The monoisotopic (exact) mass is 277 g/mol. The molecule has 0 aliphatic heterocycles. The number of aromatic nitrogens is 2. The molecular formula is C17H31N3. The Morgan fingerprint density at radius 3 is 2.05 bits per heavy atom. The largest absolute Gasteiger partial charge is 0.316 e. The maximum Gasteiger partial charge on any atom is 0.129 e. The van der Waals surface area contributed by atoms with E-state index < -0.39 is 0 Å². The first-order valence-corrected chi connectivity index (χ1v) is 7.73. The van der Waals surface area contributed by atoms with Crippen LogP contribution in [-0.2, 0) is 12.8 Å². The fraction of sp³-hybridized carbons (Fsp3) is 0.765. The van der Waals surface area contributed by atoms with Gasteiger partial charge in [-0.1, -0.05) is 34.6 Å². The first kappa shape index (κ1) is 17.1. The summed E-state index contributed by atoms with van der Waals surface area (Å²) < 4.78 is 0. The van der Waals surface area contributed by atoms with Crippen LogP contribution in [0.5, 0.6) is 0 Å².